The van der Waals surface area contributed by atoms with Crippen molar-refractivity contribution in [1.29, 1.82) is 0 Å². The van der Waals surface area contributed by atoms with E-state index in [4.69, 9.17) is 10.5 Å². The summed E-state index contributed by atoms with van der Waals surface area (Å²) in [5.41, 5.74) is 7.98. The molecule has 0 aromatic heterocycles. The first-order chi connectivity index (χ1) is 9.24. The topological polar surface area (TPSA) is 79.6 Å². The standard InChI is InChI=1S/C13H18N4O2/c14-13(17-5-3-15-4-6-17)9-1-2-11-10(7-9)16-12(18)8-19-11/h1-2,7,13,15H,3-6,8,14H2,(H,16,18). The first kappa shape index (κ1) is 12.4. The molecule has 0 saturated carbocycles. The molecule has 1 amide bonds. The Hall–Kier alpha value is -1.63. The number of nitrogens with two attached hydrogens (primary N) is 1. The van der Waals surface area contributed by atoms with Gasteiger partial charge in [0.1, 0.15) is 5.75 Å². The first-order valence-electron chi connectivity index (χ1n) is 6.51. The van der Waals surface area contributed by atoms with Crippen LogP contribution in [0.1, 0.15) is 11.7 Å². The van der Waals surface area contributed by atoms with E-state index >= 15 is 0 Å². The van der Waals surface area contributed by atoms with Crippen LogP contribution in [0.3, 0.4) is 0 Å². The smallest absolute Gasteiger partial charge is 0.262 e. The van der Waals surface area contributed by atoms with Crippen molar-refractivity contribution in [3.63, 3.8) is 0 Å². The number of fused-ring (bicyclic) bond motifs is 1. The first-order valence-corrected chi connectivity index (χ1v) is 6.51. The Labute approximate surface area is 111 Å². The highest BCUT2D eigenvalue weighted by Crippen LogP contribution is 2.30. The van der Waals surface area contributed by atoms with Gasteiger partial charge in [-0.2, -0.15) is 0 Å². The van der Waals surface area contributed by atoms with Gasteiger partial charge >= 0.3 is 0 Å². The molecule has 6 nitrogen and oxygen atoms in total. The molecule has 2 heterocycles. The number of ether oxygens (including phenoxy) is 1. The maximum absolute atomic E-state index is 11.3. The molecule has 0 spiro atoms. The van der Waals surface area contributed by atoms with E-state index in [-0.39, 0.29) is 18.7 Å². The van der Waals surface area contributed by atoms with Crippen molar-refractivity contribution in [1.82, 2.24) is 10.2 Å². The molecule has 1 saturated heterocycles. The van der Waals surface area contributed by atoms with Crippen molar-refractivity contribution >= 4 is 11.6 Å². The van der Waals surface area contributed by atoms with Gasteiger partial charge < -0.3 is 21.1 Å². The van der Waals surface area contributed by atoms with Gasteiger partial charge in [0.05, 0.1) is 11.9 Å². The van der Waals surface area contributed by atoms with Gasteiger partial charge in [-0.15, -0.1) is 0 Å². The number of benzene rings is 1. The van der Waals surface area contributed by atoms with Crippen LogP contribution in [0.2, 0.25) is 0 Å². The number of nitrogens with zero attached hydrogens (tertiary/aromatic N) is 1. The molecule has 2 aliphatic rings. The average Bonchev–Trinajstić information content (AvgIpc) is 2.46. The molecule has 2 aliphatic heterocycles. The van der Waals surface area contributed by atoms with Crippen LogP contribution >= 0.6 is 0 Å². The number of nitrogens with one attached hydrogen (secondary N) is 2. The molecule has 1 atom stereocenters. The van der Waals surface area contributed by atoms with Crippen molar-refractivity contribution < 1.29 is 9.53 Å². The highest BCUT2D eigenvalue weighted by Gasteiger charge is 2.21. The van der Waals surface area contributed by atoms with Crippen molar-refractivity contribution in [2.24, 2.45) is 5.73 Å². The van der Waals surface area contributed by atoms with Gasteiger partial charge in [-0.1, -0.05) is 6.07 Å². The van der Waals surface area contributed by atoms with Gasteiger partial charge in [0.2, 0.25) is 0 Å². The second kappa shape index (κ2) is 5.16. The molecule has 0 aliphatic carbocycles. The van der Waals surface area contributed by atoms with Crippen molar-refractivity contribution in [2.45, 2.75) is 6.17 Å². The molecule has 1 fully saturated rings. The van der Waals surface area contributed by atoms with E-state index in [1.54, 1.807) is 0 Å². The second-order valence-electron chi connectivity index (χ2n) is 4.82. The minimum absolute atomic E-state index is 0.0796. The quantitative estimate of drug-likeness (QED) is 0.692. The number of anilines is 1. The summed E-state index contributed by atoms with van der Waals surface area (Å²) in [5, 5.41) is 6.11. The van der Waals surface area contributed by atoms with Crippen LogP contribution < -0.4 is 21.1 Å². The fraction of sp³-hybridized carbons (Fsp3) is 0.462. The van der Waals surface area contributed by atoms with Crippen LogP contribution in [-0.2, 0) is 4.79 Å². The maximum Gasteiger partial charge on any atom is 0.262 e. The Morgan fingerprint density at radius 2 is 2.11 bits per heavy atom. The second-order valence-corrected chi connectivity index (χ2v) is 4.82. The molecule has 1 aromatic rings. The largest absolute Gasteiger partial charge is 0.482 e. The van der Waals surface area contributed by atoms with Crippen LogP contribution in [0.25, 0.3) is 0 Å². The zero-order chi connectivity index (χ0) is 13.2. The number of hydrogen-bond donors (Lipinski definition) is 3. The Kier molecular flexibility index (Phi) is 3.37. The molecule has 1 aromatic carbocycles. The number of carbonyl (C=O) groups is 1. The molecule has 0 bridgehead atoms. The number of amides is 1. The Morgan fingerprint density at radius 1 is 1.32 bits per heavy atom. The summed E-state index contributed by atoms with van der Waals surface area (Å²) in [6.07, 6.45) is -0.147. The lowest BCUT2D eigenvalue weighted by molar-refractivity contribution is -0.118. The van der Waals surface area contributed by atoms with Gasteiger partial charge in [0, 0.05) is 26.2 Å². The molecule has 0 radical (unpaired) electrons. The summed E-state index contributed by atoms with van der Waals surface area (Å²) < 4.78 is 5.34. The third-order valence-corrected chi connectivity index (χ3v) is 3.52. The third kappa shape index (κ3) is 2.56. The van der Waals surface area contributed by atoms with E-state index in [1.165, 1.54) is 0 Å². The average molecular weight is 262 g/mol. The summed E-state index contributed by atoms with van der Waals surface area (Å²) >= 11 is 0. The van der Waals surface area contributed by atoms with E-state index in [9.17, 15) is 4.79 Å². The van der Waals surface area contributed by atoms with Crippen molar-refractivity contribution in [3.8, 4) is 5.75 Å². The highest BCUT2D eigenvalue weighted by molar-refractivity contribution is 5.95. The number of rotatable bonds is 2. The van der Waals surface area contributed by atoms with E-state index in [0.717, 1.165) is 31.7 Å². The van der Waals surface area contributed by atoms with Gasteiger partial charge in [0.25, 0.3) is 5.91 Å². The molecule has 3 rings (SSSR count). The lowest BCUT2D eigenvalue weighted by Crippen LogP contribution is -2.47. The lowest BCUT2D eigenvalue weighted by Gasteiger charge is -2.33. The van der Waals surface area contributed by atoms with E-state index in [1.807, 2.05) is 18.2 Å². The third-order valence-electron chi connectivity index (χ3n) is 3.52. The fourth-order valence-corrected chi connectivity index (χ4v) is 2.46. The Bertz CT molecular complexity index is 486. The SMILES string of the molecule is NC(c1ccc2c(c1)NC(=O)CO2)N1CCNCC1. The fourth-order valence-electron chi connectivity index (χ4n) is 2.46. The van der Waals surface area contributed by atoms with Gasteiger partial charge in [-0.25, -0.2) is 0 Å². The van der Waals surface area contributed by atoms with E-state index in [2.05, 4.69) is 15.5 Å². The number of piperazine rings is 1. The van der Waals surface area contributed by atoms with Crippen LogP contribution in [0.15, 0.2) is 18.2 Å². The summed E-state index contributed by atoms with van der Waals surface area (Å²) in [4.78, 5) is 13.5. The monoisotopic (exact) mass is 262 g/mol. The minimum Gasteiger partial charge on any atom is -0.482 e. The van der Waals surface area contributed by atoms with Gasteiger partial charge in [0.15, 0.2) is 6.61 Å². The Balaban J connectivity index is 1.80. The van der Waals surface area contributed by atoms with Crippen molar-refractivity contribution in [3.05, 3.63) is 23.8 Å². The molecule has 4 N–H and O–H groups in total. The summed E-state index contributed by atoms with van der Waals surface area (Å²) in [5.74, 6) is 0.580. The lowest BCUT2D eigenvalue weighted by atomic mass is 10.1. The molecular formula is C13H18N4O2. The molecule has 6 heteroatoms. The molecule has 19 heavy (non-hydrogen) atoms. The van der Waals surface area contributed by atoms with Crippen molar-refractivity contribution in [2.75, 3.05) is 38.1 Å². The van der Waals surface area contributed by atoms with E-state index in [0.29, 0.717) is 11.4 Å². The normalized spacial score (nSPS) is 21.2. The van der Waals surface area contributed by atoms with Gasteiger partial charge in [-0.05, 0) is 17.7 Å². The Morgan fingerprint density at radius 3 is 2.89 bits per heavy atom. The van der Waals surface area contributed by atoms with Crippen LogP contribution in [0.5, 0.6) is 5.75 Å². The van der Waals surface area contributed by atoms with Crippen LogP contribution in [0.4, 0.5) is 5.69 Å². The highest BCUT2D eigenvalue weighted by atomic mass is 16.5. The predicted octanol–water partition coefficient (Wildman–Crippen LogP) is -0.120. The molecular weight excluding hydrogens is 244 g/mol. The molecule has 1 unspecified atom stereocenters. The van der Waals surface area contributed by atoms with E-state index < -0.39 is 0 Å². The van der Waals surface area contributed by atoms with Crippen LogP contribution in [0, 0.1) is 0 Å². The van der Waals surface area contributed by atoms with Gasteiger partial charge in [-0.3, -0.25) is 9.69 Å². The number of carbonyl (C=O) groups excluding carboxylic acids is 1. The van der Waals surface area contributed by atoms with Crippen LogP contribution in [-0.4, -0.2) is 43.6 Å². The summed E-state index contributed by atoms with van der Waals surface area (Å²) in [7, 11) is 0. The minimum atomic E-state index is -0.147. The maximum atomic E-state index is 11.3. The zero-order valence-electron chi connectivity index (χ0n) is 10.7. The number of hydrogen-bond acceptors (Lipinski definition) is 5. The summed E-state index contributed by atoms with van der Waals surface area (Å²) in [6, 6.07) is 5.73. The molecule has 102 valence electrons. The summed E-state index contributed by atoms with van der Waals surface area (Å²) in [6.45, 7) is 3.86. The predicted molar refractivity (Wildman–Crippen MR) is 71.9 cm³/mol. The zero-order valence-corrected chi connectivity index (χ0v) is 10.7.